The van der Waals surface area contributed by atoms with Crippen molar-refractivity contribution in [3.05, 3.63) is 0 Å². The van der Waals surface area contributed by atoms with E-state index in [2.05, 4.69) is 6.26 Å². The quantitative estimate of drug-likeness (QED) is 0.550. The highest BCUT2D eigenvalue weighted by Gasteiger charge is 2.23. The van der Waals surface area contributed by atoms with E-state index in [4.69, 9.17) is 5.73 Å². The Morgan fingerprint density at radius 1 is 1.57 bits per heavy atom. The van der Waals surface area contributed by atoms with Crippen LogP contribution in [0.5, 0.6) is 0 Å². The van der Waals surface area contributed by atoms with Crippen LogP contribution in [0.2, 0.25) is 0 Å². The van der Waals surface area contributed by atoms with Crippen LogP contribution in [0.3, 0.4) is 0 Å². The third-order valence-electron chi connectivity index (χ3n) is 1.46. The molecule has 0 aliphatic heterocycles. The fraction of sp³-hybridized carbons (Fsp3) is 1.00. The molecule has 0 radical (unpaired) electrons. The predicted molar refractivity (Wildman–Crippen MR) is 34.5 cm³/mol. The van der Waals surface area contributed by atoms with Gasteiger partial charge in [0.2, 0.25) is 0 Å². The molecule has 0 bridgehead atoms. The average Bonchev–Trinajstić information content (AvgIpc) is 1.58. The lowest BCUT2D eigenvalue weighted by atomic mass is 9.94. The van der Waals surface area contributed by atoms with Crippen LogP contribution in [0.1, 0.15) is 12.8 Å². The van der Waals surface area contributed by atoms with E-state index in [9.17, 15) is 0 Å². The van der Waals surface area contributed by atoms with Gasteiger partial charge in [-0.05, 0) is 19.1 Å². The molecule has 0 amide bonds. The molecule has 0 atom stereocenters. The van der Waals surface area contributed by atoms with Crippen LogP contribution in [0.25, 0.3) is 0 Å². The van der Waals surface area contributed by atoms with Crippen molar-refractivity contribution in [2.45, 2.75) is 24.1 Å². The van der Waals surface area contributed by atoms with Crippen LogP contribution >= 0.6 is 11.8 Å². The second kappa shape index (κ2) is 2.05. The Bertz CT molecular complexity index is 59.1. The molecule has 1 rings (SSSR count). The molecule has 0 heterocycles. The van der Waals surface area contributed by atoms with Crippen molar-refractivity contribution in [1.29, 1.82) is 0 Å². The molecule has 2 heteroatoms. The largest absolute Gasteiger partial charge is 0.328 e. The molecule has 1 fully saturated rings. The molecule has 7 heavy (non-hydrogen) atoms. The zero-order valence-electron chi connectivity index (χ0n) is 4.55. The summed E-state index contributed by atoms with van der Waals surface area (Å²) >= 11 is 1.94. The summed E-state index contributed by atoms with van der Waals surface area (Å²) < 4.78 is 0. The highest BCUT2D eigenvalue weighted by Crippen LogP contribution is 2.27. The second-order valence-corrected chi connectivity index (χ2v) is 3.23. The van der Waals surface area contributed by atoms with Gasteiger partial charge in [-0.1, -0.05) is 0 Å². The van der Waals surface area contributed by atoms with Gasteiger partial charge in [0.05, 0.1) is 0 Å². The van der Waals surface area contributed by atoms with Crippen LogP contribution in [0.15, 0.2) is 0 Å². The summed E-state index contributed by atoms with van der Waals surface area (Å²) in [5.41, 5.74) is 5.53. The van der Waals surface area contributed by atoms with Gasteiger partial charge in [0.15, 0.2) is 0 Å². The van der Waals surface area contributed by atoms with Crippen molar-refractivity contribution in [1.82, 2.24) is 0 Å². The molecule has 0 aromatic heterocycles. The Morgan fingerprint density at radius 3 is 2.29 bits per heavy atom. The smallest absolute Gasteiger partial charge is 0.00737 e. The summed E-state index contributed by atoms with van der Waals surface area (Å²) in [7, 11) is 0. The van der Waals surface area contributed by atoms with E-state index in [1.807, 2.05) is 11.8 Å². The van der Waals surface area contributed by atoms with Gasteiger partial charge in [0, 0.05) is 11.3 Å². The molecule has 1 aliphatic rings. The van der Waals surface area contributed by atoms with E-state index in [0.717, 1.165) is 5.25 Å². The minimum absolute atomic E-state index is 0.525. The first-order valence-electron chi connectivity index (χ1n) is 2.61. The molecule has 1 aliphatic carbocycles. The molecule has 1 nitrogen and oxygen atoms in total. The van der Waals surface area contributed by atoms with E-state index in [0.29, 0.717) is 6.04 Å². The molecule has 0 saturated heterocycles. The summed E-state index contributed by atoms with van der Waals surface area (Å²) in [4.78, 5) is 0. The maximum absolute atomic E-state index is 5.53. The van der Waals surface area contributed by atoms with Crippen LogP contribution in [0.4, 0.5) is 0 Å². The first-order chi connectivity index (χ1) is 3.33. The first kappa shape index (κ1) is 5.45. The van der Waals surface area contributed by atoms with Gasteiger partial charge in [-0.15, -0.1) is 0 Å². The minimum Gasteiger partial charge on any atom is -0.328 e. The number of hydrogen-bond acceptors (Lipinski definition) is 2. The van der Waals surface area contributed by atoms with E-state index in [-0.39, 0.29) is 0 Å². The number of hydrogen-bond donors (Lipinski definition) is 1. The highest BCUT2D eigenvalue weighted by atomic mass is 32.2. The molecule has 1 saturated carbocycles. The van der Waals surface area contributed by atoms with Crippen molar-refractivity contribution in [3.63, 3.8) is 0 Å². The lowest BCUT2D eigenvalue weighted by Crippen LogP contribution is -2.37. The monoisotopic (exact) mass is 117 g/mol. The summed E-state index contributed by atoms with van der Waals surface area (Å²) in [5.74, 6) is 0. The maximum Gasteiger partial charge on any atom is 0.00737 e. The molecular formula is C5H11NS. The zero-order chi connectivity index (χ0) is 5.28. The van der Waals surface area contributed by atoms with Crippen molar-refractivity contribution >= 4 is 11.8 Å². The first-order valence-corrected chi connectivity index (χ1v) is 3.90. The van der Waals surface area contributed by atoms with Gasteiger partial charge in [0.1, 0.15) is 0 Å². The van der Waals surface area contributed by atoms with E-state index in [1.54, 1.807) is 0 Å². The van der Waals surface area contributed by atoms with Gasteiger partial charge in [-0.3, -0.25) is 0 Å². The Labute approximate surface area is 48.7 Å². The minimum atomic E-state index is 0.525. The van der Waals surface area contributed by atoms with Crippen LogP contribution in [0, 0.1) is 0 Å². The lowest BCUT2D eigenvalue weighted by Gasteiger charge is -2.30. The fourth-order valence-electron chi connectivity index (χ4n) is 0.799. The number of nitrogens with two attached hydrogens (primary N) is 1. The number of thioether (sulfide) groups is 1. The Hall–Kier alpha value is 0.310. The average molecular weight is 117 g/mol. The summed E-state index contributed by atoms with van der Waals surface area (Å²) in [6.45, 7) is 0. The predicted octanol–water partition coefficient (Wildman–Crippen LogP) is 0.839. The van der Waals surface area contributed by atoms with Crippen LogP contribution in [-0.4, -0.2) is 17.5 Å². The van der Waals surface area contributed by atoms with Crippen molar-refractivity contribution in [3.8, 4) is 0 Å². The zero-order valence-corrected chi connectivity index (χ0v) is 5.37. The third kappa shape index (κ3) is 1.10. The Balaban J connectivity index is 2.06. The molecule has 0 unspecified atom stereocenters. The molecule has 0 spiro atoms. The fourth-order valence-corrected chi connectivity index (χ4v) is 1.68. The highest BCUT2D eigenvalue weighted by molar-refractivity contribution is 7.99. The summed E-state index contributed by atoms with van der Waals surface area (Å²) in [6.07, 6.45) is 4.62. The van der Waals surface area contributed by atoms with E-state index in [1.165, 1.54) is 12.8 Å². The van der Waals surface area contributed by atoms with Gasteiger partial charge in [-0.2, -0.15) is 11.8 Å². The Kier molecular flexibility index (Phi) is 1.60. The lowest BCUT2D eigenvalue weighted by molar-refractivity contribution is 0.433. The molecule has 0 aromatic carbocycles. The third-order valence-corrected chi connectivity index (χ3v) is 2.52. The molecule has 0 aromatic rings. The summed E-state index contributed by atoms with van der Waals surface area (Å²) in [6, 6.07) is 0.525. The van der Waals surface area contributed by atoms with Gasteiger partial charge >= 0.3 is 0 Å². The Morgan fingerprint density at radius 2 is 2.14 bits per heavy atom. The standard InChI is InChI=1S/C5H11NS/c1-7-5-2-4(6)3-5/h4-5H,2-3,6H2,1H3/t4-,5+. The molecule has 2 N–H and O–H groups in total. The molecular weight excluding hydrogens is 106 g/mol. The van der Waals surface area contributed by atoms with Crippen LogP contribution in [-0.2, 0) is 0 Å². The van der Waals surface area contributed by atoms with E-state index < -0.39 is 0 Å². The normalized spacial score (nSPS) is 40.3. The second-order valence-electron chi connectivity index (χ2n) is 2.09. The van der Waals surface area contributed by atoms with E-state index >= 15 is 0 Å². The molecule has 42 valence electrons. The number of rotatable bonds is 1. The van der Waals surface area contributed by atoms with Gasteiger partial charge in [-0.25, -0.2) is 0 Å². The topological polar surface area (TPSA) is 26.0 Å². The summed E-state index contributed by atoms with van der Waals surface area (Å²) in [5, 5.41) is 0.884. The van der Waals surface area contributed by atoms with Crippen molar-refractivity contribution in [2.24, 2.45) is 5.73 Å². The maximum atomic E-state index is 5.53. The van der Waals surface area contributed by atoms with Gasteiger partial charge in [0.25, 0.3) is 0 Å². The van der Waals surface area contributed by atoms with Crippen molar-refractivity contribution < 1.29 is 0 Å². The van der Waals surface area contributed by atoms with Crippen molar-refractivity contribution in [2.75, 3.05) is 6.26 Å². The SMILES string of the molecule is CS[C@H]1C[C@@H](N)C1. The van der Waals surface area contributed by atoms with Gasteiger partial charge < -0.3 is 5.73 Å². The van der Waals surface area contributed by atoms with Crippen LogP contribution < -0.4 is 5.73 Å².